The maximum Gasteiger partial charge on any atom is 0.255 e. The van der Waals surface area contributed by atoms with Gasteiger partial charge in [-0.25, -0.2) is 4.98 Å². The average Bonchev–Trinajstić information content (AvgIpc) is 3.23. The van der Waals surface area contributed by atoms with E-state index < -0.39 is 6.04 Å². The van der Waals surface area contributed by atoms with E-state index in [9.17, 15) is 9.59 Å². The number of H-pyrrole nitrogens is 1. The molecular formula is C17H18N4O3. The first-order chi connectivity index (χ1) is 11.5. The Morgan fingerprint density at radius 3 is 2.67 bits per heavy atom. The average molecular weight is 326 g/mol. The van der Waals surface area contributed by atoms with Gasteiger partial charge in [-0.05, 0) is 32.0 Å². The Morgan fingerprint density at radius 1 is 1.17 bits per heavy atom. The van der Waals surface area contributed by atoms with Gasteiger partial charge in [-0.2, -0.15) is 0 Å². The molecule has 0 fully saturated rings. The molecule has 2 heterocycles. The molecule has 0 aliphatic carbocycles. The third kappa shape index (κ3) is 3.29. The second kappa shape index (κ2) is 6.57. The minimum absolute atomic E-state index is 0.292. The van der Waals surface area contributed by atoms with Gasteiger partial charge in [0.15, 0.2) is 0 Å². The van der Waals surface area contributed by atoms with Crippen molar-refractivity contribution in [2.45, 2.75) is 25.9 Å². The number of furan rings is 1. The highest BCUT2D eigenvalue weighted by Crippen LogP contribution is 2.15. The number of rotatable bonds is 5. The number of aromatic amines is 1. The molecule has 0 saturated heterocycles. The van der Waals surface area contributed by atoms with Crippen LogP contribution in [0.5, 0.6) is 0 Å². The summed E-state index contributed by atoms with van der Waals surface area (Å²) in [4.78, 5) is 31.8. The van der Waals surface area contributed by atoms with E-state index in [1.165, 1.54) is 18.6 Å². The Labute approximate surface area is 138 Å². The Morgan fingerprint density at radius 2 is 1.96 bits per heavy atom. The van der Waals surface area contributed by atoms with Gasteiger partial charge in [0.1, 0.15) is 18.1 Å². The molecule has 2 unspecified atom stereocenters. The van der Waals surface area contributed by atoms with Crippen LogP contribution < -0.4 is 10.6 Å². The van der Waals surface area contributed by atoms with Crippen LogP contribution in [0.25, 0.3) is 11.0 Å². The fraction of sp³-hybridized carbons (Fsp3) is 0.235. The van der Waals surface area contributed by atoms with E-state index in [1.807, 2.05) is 31.2 Å². The molecule has 7 nitrogen and oxygen atoms in total. The summed E-state index contributed by atoms with van der Waals surface area (Å²) < 4.78 is 4.86. The van der Waals surface area contributed by atoms with Crippen LogP contribution in [0.2, 0.25) is 0 Å². The lowest BCUT2D eigenvalue weighted by molar-refractivity contribution is -0.123. The van der Waals surface area contributed by atoms with E-state index in [-0.39, 0.29) is 17.9 Å². The van der Waals surface area contributed by atoms with Crippen molar-refractivity contribution in [3.63, 3.8) is 0 Å². The van der Waals surface area contributed by atoms with Crippen molar-refractivity contribution in [3.05, 3.63) is 54.2 Å². The van der Waals surface area contributed by atoms with Crippen molar-refractivity contribution in [1.29, 1.82) is 0 Å². The van der Waals surface area contributed by atoms with Crippen LogP contribution in [-0.2, 0) is 4.79 Å². The lowest BCUT2D eigenvalue weighted by Crippen LogP contribution is -2.45. The lowest BCUT2D eigenvalue weighted by atomic mass is 10.2. The number of carbonyl (C=O) groups excluding carboxylic acids is 2. The summed E-state index contributed by atoms with van der Waals surface area (Å²) in [7, 11) is 0. The minimum Gasteiger partial charge on any atom is -0.472 e. The van der Waals surface area contributed by atoms with Crippen LogP contribution in [0, 0.1) is 0 Å². The minimum atomic E-state index is -0.681. The zero-order chi connectivity index (χ0) is 17.1. The van der Waals surface area contributed by atoms with Crippen molar-refractivity contribution in [2.75, 3.05) is 0 Å². The summed E-state index contributed by atoms with van der Waals surface area (Å²) in [5.74, 6) is 0.0144. The molecule has 2 amide bonds. The first-order valence-corrected chi connectivity index (χ1v) is 7.62. The largest absolute Gasteiger partial charge is 0.472 e. The summed E-state index contributed by atoms with van der Waals surface area (Å²) in [6.45, 7) is 3.46. The number of hydrogen-bond acceptors (Lipinski definition) is 4. The second-order valence-corrected chi connectivity index (χ2v) is 5.58. The summed E-state index contributed by atoms with van der Waals surface area (Å²) in [5.41, 5.74) is 2.13. The molecule has 24 heavy (non-hydrogen) atoms. The Bertz CT molecular complexity index is 821. The van der Waals surface area contributed by atoms with E-state index in [0.29, 0.717) is 11.4 Å². The first kappa shape index (κ1) is 15.8. The number of fused-ring (bicyclic) bond motifs is 1. The number of amides is 2. The highest BCUT2D eigenvalue weighted by atomic mass is 16.3. The van der Waals surface area contributed by atoms with Crippen LogP contribution in [0.15, 0.2) is 47.3 Å². The third-order valence-electron chi connectivity index (χ3n) is 3.70. The fourth-order valence-electron chi connectivity index (χ4n) is 2.32. The van der Waals surface area contributed by atoms with Crippen LogP contribution in [0.3, 0.4) is 0 Å². The van der Waals surface area contributed by atoms with Crippen LogP contribution in [0.4, 0.5) is 0 Å². The Hall–Kier alpha value is -3.09. The second-order valence-electron chi connectivity index (χ2n) is 5.58. The molecule has 1 aromatic carbocycles. The highest BCUT2D eigenvalue weighted by molar-refractivity contribution is 5.97. The first-order valence-electron chi connectivity index (χ1n) is 7.62. The maximum absolute atomic E-state index is 12.3. The number of para-hydroxylation sites is 2. The Balaban J connectivity index is 1.61. The molecule has 0 saturated carbocycles. The number of nitrogens with one attached hydrogen (secondary N) is 3. The molecule has 3 aromatic rings. The van der Waals surface area contributed by atoms with Gasteiger partial charge in [0.05, 0.1) is 28.9 Å². The molecule has 2 atom stereocenters. The zero-order valence-electron chi connectivity index (χ0n) is 13.4. The van der Waals surface area contributed by atoms with E-state index >= 15 is 0 Å². The van der Waals surface area contributed by atoms with Crippen molar-refractivity contribution in [1.82, 2.24) is 20.6 Å². The van der Waals surface area contributed by atoms with E-state index in [0.717, 1.165) is 11.0 Å². The molecule has 3 rings (SSSR count). The summed E-state index contributed by atoms with van der Waals surface area (Å²) in [5, 5.41) is 5.46. The van der Waals surface area contributed by atoms with Gasteiger partial charge in [0.25, 0.3) is 5.91 Å². The van der Waals surface area contributed by atoms with Crippen LogP contribution >= 0.6 is 0 Å². The summed E-state index contributed by atoms with van der Waals surface area (Å²) >= 11 is 0. The predicted molar refractivity (Wildman–Crippen MR) is 88.3 cm³/mol. The number of benzene rings is 1. The molecule has 7 heteroatoms. The van der Waals surface area contributed by atoms with Crippen LogP contribution in [-0.4, -0.2) is 27.8 Å². The summed E-state index contributed by atoms with van der Waals surface area (Å²) in [6.07, 6.45) is 2.74. The number of imidazole rings is 1. The van der Waals surface area contributed by atoms with Crippen molar-refractivity contribution in [3.8, 4) is 0 Å². The van der Waals surface area contributed by atoms with Crippen LogP contribution in [0.1, 0.15) is 36.1 Å². The quantitative estimate of drug-likeness (QED) is 0.669. The molecule has 0 aliphatic rings. The number of nitrogens with zero attached hydrogens (tertiary/aromatic N) is 1. The zero-order valence-corrected chi connectivity index (χ0v) is 13.4. The van der Waals surface area contributed by atoms with Crippen molar-refractivity contribution < 1.29 is 14.0 Å². The molecular weight excluding hydrogens is 308 g/mol. The standard InChI is InChI=1S/C17H18N4O3/c1-10(15-20-13-5-3-4-6-14(13)21-15)18-16(22)11(2)19-17(23)12-7-8-24-9-12/h3-11H,1-2H3,(H,18,22)(H,19,23)(H,20,21). The van der Waals surface area contributed by atoms with Crippen molar-refractivity contribution >= 4 is 22.8 Å². The van der Waals surface area contributed by atoms with Gasteiger partial charge >= 0.3 is 0 Å². The molecule has 0 aliphatic heterocycles. The topological polar surface area (TPSA) is 100 Å². The predicted octanol–water partition coefficient (Wildman–Crippen LogP) is 2.15. The molecule has 3 N–H and O–H groups in total. The molecule has 0 bridgehead atoms. The fourth-order valence-corrected chi connectivity index (χ4v) is 2.32. The van der Waals surface area contributed by atoms with E-state index in [4.69, 9.17) is 4.42 Å². The smallest absolute Gasteiger partial charge is 0.255 e. The number of aromatic nitrogens is 2. The lowest BCUT2D eigenvalue weighted by Gasteiger charge is -2.17. The molecule has 124 valence electrons. The number of carbonyl (C=O) groups is 2. The van der Waals surface area contributed by atoms with Gasteiger partial charge in [-0.1, -0.05) is 12.1 Å². The molecule has 0 spiro atoms. The normalized spacial score (nSPS) is 13.4. The van der Waals surface area contributed by atoms with Gasteiger partial charge < -0.3 is 20.0 Å². The van der Waals surface area contributed by atoms with Gasteiger partial charge in [0.2, 0.25) is 5.91 Å². The van der Waals surface area contributed by atoms with E-state index in [2.05, 4.69) is 20.6 Å². The summed E-state index contributed by atoms with van der Waals surface area (Å²) in [6, 6.07) is 8.20. The van der Waals surface area contributed by atoms with Gasteiger partial charge in [-0.3, -0.25) is 9.59 Å². The van der Waals surface area contributed by atoms with E-state index in [1.54, 1.807) is 6.92 Å². The van der Waals surface area contributed by atoms with Gasteiger partial charge in [-0.15, -0.1) is 0 Å². The Kier molecular flexibility index (Phi) is 4.33. The number of hydrogen-bond donors (Lipinski definition) is 3. The SMILES string of the molecule is CC(NC(=O)c1ccoc1)C(=O)NC(C)c1nc2ccccc2[nH]1. The third-order valence-corrected chi connectivity index (χ3v) is 3.70. The van der Waals surface area contributed by atoms with Gasteiger partial charge in [0, 0.05) is 0 Å². The maximum atomic E-state index is 12.3. The highest BCUT2D eigenvalue weighted by Gasteiger charge is 2.20. The van der Waals surface area contributed by atoms with Crippen molar-refractivity contribution in [2.24, 2.45) is 0 Å². The molecule has 2 aromatic heterocycles. The molecule has 0 radical (unpaired) electrons. The monoisotopic (exact) mass is 326 g/mol.